The van der Waals surface area contributed by atoms with E-state index in [1.54, 1.807) is 30.3 Å². The van der Waals surface area contributed by atoms with Gasteiger partial charge in [-0.25, -0.2) is 9.37 Å². The van der Waals surface area contributed by atoms with Gasteiger partial charge in [0.15, 0.2) is 0 Å². The van der Waals surface area contributed by atoms with E-state index in [0.29, 0.717) is 17.3 Å². The summed E-state index contributed by atoms with van der Waals surface area (Å²) >= 11 is 0. The molecule has 0 aliphatic rings. The van der Waals surface area contributed by atoms with Crippen molar-refractivity contribution in [2.45, 2.75) is 12.8 Å². The molecule has 0 saturated carbocycles. The summed E-state index contributed by atoms with van der Waals surface area (Å²) in [6.07, 6.45) is -4.51. The quantitative estimate of drug-likeness (QED) is 0.410. The van der Waals surface area contributed by atoms with Crippen molar-refractivity contribution in [2.75, 3.05) is 13.2 Å². The maximum absolute atomic E-state index is 13.3. The van der Waals surface area contributed by atoms with Crippen LogP contribution in [0.3, 0.4) is 0 Å². The van der Waals surface area contributed by atoms with E-state index in [1.807, 2.05) is 18.2 Å². The predicted molar refractivity (Wildman–Crippen MR) is 102 cm³/mol. The molecule has 1 aromatic heterocycles. The van der Waals surface area contributed by atoms with Gasteiger partial charge < -0.3 is 14.2 Å². The maximum Gasteiger partial charge on any atom is 0.397 e. The van der Waals surface area contributed by atoms with Gasteiger partial charge in [0, 0.05) is 6.07 Å². The van der Waals surface area contributed by atoms with E-state index in [-0.39, 0.29) is 12.4 Å². The van der Waals surface area contributed by atoms with Crippen molar-refractivity contribution in [3.05, 3.63) is 84.3 Å². The second-order valence-electron chi connectivity index (χ2n) is 6.40. The van der Waals surface area contributed by atoms with Gasteiger partial charge in [0.1, 0.15) is 29.8 Å². The van der Waals surface area contributed by atoms with E-state index in [9.17, 15) is 17.6 Å². The van der Waals surface area contributed by atoms with Crippen molar-refractivity contribution in [1.82, 2.24) is 4.98 Å². The molecule has 158 valence electrons. The Morgan fingerprint density at radius 1 is 0.800 bits per heavy atom. The number of rotatable bonds is 9. The summed E-state index contributed by atoms with van der Waals surface area (Å²) in [4.78, 5) is 4.23. The first-order valence-corrected chi connectivity index (χ1v) is 9.12. The zero-order valence-corrected chi connectivity index (χ0v) is 15.8. The lowest BCUT2D eigenvalue weighted by Gasteiger charge is -2.20. The number of benzene rings is 2. The van der Waals surface area contributed by atoms with Crippen LogP contribution in [-0.2, 0) is 11.3 Å². The van der Waals surface area contributed by atoms with Crippen LogP contribution in [0.25, 0.3) is 0 Å². The molecule has 2 aromatic carbocycles. The van der Waals surface area contributed by atoms with Crippen LogP contribution in [-0.4, -0.2) is 24.4 Å². The number of para-hydroxylation sites is 1. The SMILES string of the molecule is Fc1ccc(OCC(COCc2cccc(Oc3ccccc3)n2)C(F)(F)F)cc1. The maximum atomic E-state index is 13.3. The molecule has 1 atom stereocenters. The third-order valence-corrected chi connectivity index (χ3v) is 4.04. The summed E-state index contributed by atoms with van der Waals surface area (Å²) in [7, 11) is 0. The van der Waals surface area contributed by atoms with Crippen molar-refractivity contribution < 1.29 is 31.8 Å². The van der Waals surface area contributed by atoms with Crippen LogP contribution < -0.4 is 9.47 Å². The van der Waals surface area contributed by atoms with Gasteiger partial charge >= 0.3 is 6.18 Å². The monoisotopic (exact) mass is 421 g/mol. The molecular formula is C22H19F4NO3. The second-order valence-corrected chi connectivity index (χ2v) is 6.40. The first kappa shape index (κ1) is 21.6. The number of pyridine rings is 1. The highest BCUT2D eigenvalue weighted by Crippen LogP contribution is 2.28. The molecule has 3 rings (SSSR count). The first-order valence-electron chi connectivity index (χ1n) is 9.12. The molecule has 3 aromatic rings. The summed E-state index contributed by atoms with van der Waals surface area (Å²) in [6, 6.07) is 18.7. The number of hydrogen-bond donors (Lipinski definition) is 0. The third-order valence-electron chi connectivity index (χ3n) is 4.04. The van der Waals surface area contributed by atoms with E-state index in [1.165, 1.54) is 12.1 Å². The normalized spacial score (nSPS) is 12.4. The highest BCUT2D eigenvalue weighted by atomic mass is 19.4. The molecule has 8 heteroatoms. The lowest BCUT2D eigenvalue weighted by atomic mass is 10.1. The van der Waals surface area contributed by atoms with E-state index in [0.717, 1.165) is 12.1 Å². The zero-order valence-electron chi connectivity index (χ0n) is 15.8. The van der Waals surface area contributed by atoms with Crippen molar-refractivity contribution in [1.29, 1.82) is 0 Å². The van der Waals surface area contributed by atoms with Crippen LogP contribution >= 0.6 is 0 Å². The second kappa shape index (κ2) is 10.1. The third kappa shape index (κ3) is 6.73. The number of alkyl halides is 3. The van der Waals surface area contributed by atoms with E-state index in [2.05, 4.69) is 4.98 Å². The fourth-order valence-corrected chi connectivity index (χ4v) is 2.47. The average Bonchev–Trinajstić information content (AvgIpc) is 2.72. The molecule has 0 fully saturated rings. The van der Waals surface area contributed by atoms with Crippen LogP contribution in [0.15, 0.2) is 72.8 Å². The Morgan fingerprint density at radius 3 is 2.23 bits per heavy atom. The molecule has 0 saturated heterocycles. The Bertz CT molecular complexity index is 918. The molecule has 0 spiro atoms. The topological polar surface area (TPSA) is 40.6 Å². The van der Waals surface area contributed by atoms with Crippen molar-refractivity contribution in [3.63, 3.8) is 0 Å². The number of ether oxygens (including phenoxy) is 3. The van der Waals surface area contributed by atoms with Gasteiger partial charge in [-0.1, -0.05) is 24.3 Å². The van der Waals surface area contributed by atoms with Crippen LogP contribution in [0.5, 0.6) is 17.4 Å². The minimum absolute atomic E-state index is 0.116. The van der Waals surface area contributed by atoms with E-state index in [4.69, 9.17) is 14.2 Å². The van der Waals surface area contributed by atoms with Crippen LogP contribution in [0.2, 0.25) is 0 Å². The van der Waals surface area contributed by atoms with Gasteiger partial charge in [-0.3, -0.25) is 0 Å². The van der Waals surface area contributed by atoms with Crippen LogP contribution in [0.4, 0.5) is 17.6 Å². The molecule has 4 nitrogen and oxygen atoms in total. The van der Waals surface area contributed by atoms with Gasteiger partial charge in [-0.05, 0) is 42.5 Å². The standard InChI is InChI=1S/C22H19F4NO3/c23-17-9-11-19(12-10-17)29-14-16(22(24,25)26)13-28-15-18-5-4-8-21(27-18)30-20-6-2-1-3-7-20/h1-12,16H,13-15H2. The van der Waals surface area contributed by atoms with Crippen LogP contribution in [0.1, 0.15) is 5.69 Å². The highest BCUT2D eigenvalue weighted by molar-refractivity contribution is 5.27. The van der Waals surface area contributed by atoms with Gasteiger partial charge in [0.05, 0.1) is 18.9 Å². The largest absolute Gasteiger partial charge is 0.493 e. The number of nitrogens with zero attached hydrogens (tertiary/aromatic N) is 1. The molecule has 0 amide bonds. The molecule has 1 unspecified atom stereocenters. The summed E-state index contributed by atoms with van der Waals surface area (Å²) in [5, 5.41) is 0. The fraction of sp³-hybridized carbons (Fsp3) is 0.227. The Kier molecular flexibility index (Phi) is 7.24. The van der Waals surface area contributed by atoms with Crippen LogP contribution in [0, 0.1) is 11.7 Å². The van der Waals surface area contributed by atoms with Gasteiger partial charge in [0.2, 0.25) is 5.88 Å². The highest BCUT2D eigenvalue weighted by Gasteiger charge is 2.40. The predicted octanol–water partition coefficient (Wildman–Crippen LogP) is 5.79. The lowest BCUT2D eigenvalue weighted by molar-refractivity contribution is -0.196. The molecule has 0 N–H and O–H groups in total. The minimum atomic E-state index is -4.51. The fourth-order valence-electron chi connectivity index (χ4n) is 2.47. The van der Waals surface area contributed by atoms with Crippen molar-refractivity contribution in [2.24, 2.45) is 5.92 Å². The zero-order chi connectivity index (χ0) is 21.4. The Hall–Kier alpha value is -3.13. The summed E-state index contributed by atoms with van der Waals surface area (Å²) in [6.45, 7) is -1.36. The number of hydrogen-bond acceptors (Lipinski definition) is 4. The summed E-state index contributed by atoms with van der Waals surface area (Å²) < 4.78 is 68.7. The van der Waals surface area contributed by atoms with Gasteiger partial charge in [0.25, 0.3) is 0 Å². The van der Waals surface area contributed by atoms with Gasteiger partial charge in [-0.15, -0.1) is 0 Å². The molecule has 1 heterocycles. The van der Waals surface area contributed by atoms with E-state index < -0.39 is 31.1 Å². The van der Waals surface area contributed by atoms with Crippen molar-refractivity contribution in [3.8, 4) is 17.4 Å². The molecule has 0 bridgehead atoms. The molecular weight excluding hydrogens is 402 g/mol. The smallest absolute Gasteiger partial charge is 0.397 e. The minimum Gasteiger partial charge on any atom is -0.493 e. The van der Waals surface area contributed by atoms with E-state index >= 15 is 0 Å². The van der Waals surface area contributed by atoms with Gasteiger partial charge in [-0.2, -0.15) is 13.2 Å². The lowest BCUT2D eigenvalue weighted by Crippen LogP contribution is -2.32. The Balaban J connectivity index is 1.53. The average molecular weight is 421 g/mol. The summed E-state index contributed by atoms with van der Waals surface area (Å²) in [5.41, 5.74) is 0.434. The van der Waals surface area contributed by atoms with Crippen molar-refractivity contribution >= 4 is 0 Å². The summed E-state index contributed by atoms with van der Waals surface area (Å²) in [5.74, 6) is -1.28. The molecule has 30 heavy (non-hydrogen) atoms. The number of aromatic nitrogens is 1. The number of halogens is 4. The Morgan fingerprint density at radius 2 is 1.53 bits per heavy atom. The first-order chi connectivity index (χ1) is 14.4. The molecule has 0 radical (unpaired) electrons. The molecule has 0 aliphatic heterocycles. The molecule has 0 aliphatic carbocycles. The Labute approximate surface area is 171 Å².